The van der Waals surface area contributed by atoms with Crippen LogP contribution in [0.5, 0.6) is 0 Å². The van der Waals surface area contributed by atoms with Crippen LogP contribution in [0.2, 0.25) is 0 Å². The summed E-state index contributed by atoms with van der Waals surface area (Å²) in [7, 11) is 1.70. The largest absolute Gasteiger partial charge is 0.469 e. The van der Waals surface area contributed by atoms with Gasteiger partial charge in [0.25, 0.3) is 0 Å². The zero-order chi connectivity index (χ0) is 20.2. The summed E-state index contributed by atoms with van der Waals surface area (Å²) in [6.07, 6.45) is 6.57. The lowest BCUT2D eigenvalue weighted by molar-refractivity contribution is 0.203. The predicted octanol–water partition coefficient (Wildman–Crippen LogP) is 3.19. The van der Waals surface area contributed by atoms with E-state index in [2.05, 4.69) is 39.8 Å². The molecule has 1 fully saturated rings. The van der Waals surface area contributed by atoms with Gasteiger partial charge in [-0.3, -0.25) is 4.90 Å². The van der Waals surface area contributed by atoms with Crippen molar-refractivity contribution in [2.24, 2.45) is 4.99 Å². The maximum Gasteiger partial charge on any atom is 0.191 e. The van der Waals surface area contributed by atoms with Crippen molar-refractivity contribution in [3.05, 3.63) is 59.5 Å². The van der Waals surface area contributed by atoms with Crippen molar-refractivity contribution >= 4 is 5.96 Å². The molecule has 0 atom stereocenters. The van der Waals surface area contributed by atoms with Crippen molar-refractivity contribution in [1.82, 2.24) is 15.5 Å². The smallest absolute Gasteiger partial charge is 0.191 e. The van der Waals surface area contributed by atoms with Gasteiger partial charge in [0.05, 0.1) is 19.4 Å². The van der Waals surface area contributed by atoms with Crippen LogP contribution in [-0.4, -0.2) is 50.8 Å². The summed E-state index contributed by atoms with van der Waals surface area (Å²) in [6.45, 7) is 6.29. The van der Waals surface area contributed by atoms with Crippen LogP contribution >= 0.6 is 0 Å². The second-order valence-corrected chi connectivity index (χ2v) is 7.49. The normalized spacial score (nSPS) is 15.4. The molecule has 29 heavy (non-hydrogen) atoms. The number of aliphatic imine (C=N–C) groups is 1. The molecule has 2 aromatic rings. The molecule has 1 saturated heterocycles. The van der Waals surface area contributed by atoms with Gasteiger partial charge in [-0.15, -0.1) is 0 Å². The Morgan fingerprint density at radius 3 is 2.52 bits per heavy atom. The highest BCUT2D eigenvalue weighted by atomic mass is 16.5. The van der Waals surface area contributed by atoms with Crippen molar-refractivity contribution < 1.29 is 9.15 Å². The first-order valence-corrected chi connectivity index (χ1v) is 10.7. The highest BCUT2D eigenvalue weighted by molar-refractivity contribution is 5.79. The second kappa shape index (κ2) is 12.3. The summed E-state index contributed by atoms with van der Waals surface area (Å²) in [5.41, 5.74) is 2.60. The number of nitrogens with zero attached hydrogens (tertiary/aromatic N) is 2. The number of hydrogen-bond acceptors (Lipinski definition) is 4. The van der Waals surface area contributed by atoms with E-state index in [9.17, 15) is 0 Å². The molecule has 1 aromatic heterocycles. The number of piperidine rings is 1. The Morgan fingerprint density at radius 2 is 1.79 bits per heavy atom. The summed E-state index contributed by atoms with van der Waals surface area (Å²) in [4.78, 5) is 7.28. The Balaban J connectivity index is 1.49. The Kier molecular flexibility index (Phi) is 9.07. The monoisotopic (exact) mass is 398 g/mol. The molecule has 0 aliphatic carbocycles. The molecule has 0 radical (unpaired) electrons. The van der Waals surface area contributed by atoms with Crippen molar-refractivity contribution in [3.8, 4) is 0 Å². The highest BCUT2D eigenvalue weighted by Gasteiger charge is 2.10. The van der Waals surface area contributed by atoms with Gasteiger partial charge in [0.2, 0.25) is 0 Å². The lowest BCUT2D eigenvalue weighted by atomic mass is 10.1. The van der Waals surface area contributed by atoms with Crippen LogP contribution in [-0.2, 0) is 24.2 Å². The third-order valence-corrected chi connectivity index (χ3v) is 5.14. The number of nitrogens with one attached hydrogen (secondary N) is 2. The van der Waals surface area contributed by atoms with E-state index in [1.165, 1.54) is 43.5 Å². The third kappa shape index (κ3) is 7.91. The second-order valence-electron chi connectivity index (χ2n) is 7.49. The minimum Gasteiger partial charge on any atom is -0.469 e. The number of methoxy groups -OCH3 is 1. The predicted molar refractivity (Wildman–Crippen MR) is 117 cm³/mol. The van der Waals surface area contributed by atoms with Crippen molar-refractivity contribution in [2.45, 2.75) is 38.8 Å². The van der Waals surface area contributed by atoms with Gasteiger partial charge in [-0.1, -0.05) is 30.7 Å². The fourth-order valence-electron chi connectivity index (χ4n) is 3.50. The van der Waals surface area contributed by atoms with E-state index >= 15 is 0 Å². The maximum atomic E-state index is 5.38. The van der Waals surface area contributed by atoms with Gasteiger partial charge in [-0.25, -0.2) is 4.99 Å². The molecule has 0 amide bonds. The third-order valence-electron chi connectivity index (χ3n) is 5.14. The average Bonchev–Trinajstić information content (AvgIpc) is 3.27. The van der Waals surface area contributed by atoms with E-state index in [1.807, 2.05) is 12.1 Å². The molecule has 2 N–H and O–H groups in total. The van der Waals surface area contributed by atoms with Gasteiger partial charge in [0.15, 0.2) is 5.96 Å². The molecule has 158 valence electrons. The Bertz CT molecular complexity index is 707. The lowest BCUT2D eigenvalue weighted by Crippen LogP contribution is -2.40. The molecule has 6 heteroatoms. The van der Waals surface area contributed by atoms with Crippen molar-refractivity contribution in [3.63, 3.8) is 0 Å². The minimum atomic E-state index is 0.643. The molecule has 0 unspecified atom stereocenters. The van der Waals surface area contributed by atoms with Gasteiger partial charge >= 0.3 is 0 Å². The summed E-state index contributed by atoms with van der Waals surface area (Å²) in [6, 6.07) is 12.8. The zero-order valence-electron chi connectivity index (χ0n) is 17.5. The summed E-state index contributed by atoms with van der Waals surface area (Å²) in [5, 5.41) is 6.68. The SMILES string of the molecule is COCCNC(=NCc1ccc(CN2CCCCC2)cc1)NCCc1ccco1. The van der Waals surface area contributed by atoms with E-state index in [0.717, 1.165) is 37.8 Å². The van der Waals surface area contributed by atoms with E-state index in [0.29, 0.717) is 13.2 Å². The first kappa shape index (κ1) is 21.4. The standard InChI is InChI=1S/C23H34N4O2/c1-28-17-13-25-23(24-12-11-22-6-5-16-29-22)26-18-20-7-9-21(10-8-20)19-27-14-3-2-4-15-27/h5-10,16H,2-4,11-15,17-19H2,1H3,(H2,24,25,26). The summed E-state index contributed by atoms with van der Waals surface area (Å²) >= 11 is 0. The Hall–Kier alpha value is -2.31. The van der Waals surface area contributed by atoms with Crippen LogP contribution in [0.25, 0.3) is 0 Å². The maximum absolute atomic E-state index is 5.38. The first-order valence-electron chi connectivity index (χ1n) is 10.7. The molecular weight excluding hydrogens is 364 g/mol. The molecule has 6 nitrogen and oxygen atoms in total. The number of guanidine groups is 1. The average molecular weight is 399 g/mol. The Labute approximate surface area is 174 Å². The quantitative estimate of drug-likeness (QED) is 0.366. The zero-order valence-corrected chi connectivity index (χ0v) is 17.5. The molecule has 0 saturated carbocycles. The van der Waals surface area contributed by atoms with Crippen LogP contribution < -0.4 is 10.6 Å². The highest BCUT2D eigenvalue weighted by Crippen LogP contribution is 2.14. The van der Waals surface area contributed by atoms with E-state index in [1.54, 1.807) is 13.4 Å². The molecule has 0 bridgehead atoms. The van der Waals surface area contributed by atoms with Crippen LogP contribution in [0.1, 0.15) is 36.1 Å². The molecular formula is C23H34N4O2. The van der Waals surface area contributed by atoms with Gasteiger partial charge in [-0.2, -0.15) is 0 Å². The Morgan fingerprint density at radius 1 is 1.03 bits per heavy atom. The van der Waals surface area contributed by atoms with Gasteiger partial charge in [-0.05, 0) is 49.2 Å². The summed E-state index contributed by atoms with van der Waals surface area (Å²) < 4.78 is 10.5. The van der Waals surface area contributed by atoms with Crippen LogP contribution in [0.15, 0.2) is 52.1 Å². The van der Waals surface area contributed by atoms with Crippen molar-refractivity contribution in [1.29, 1.82) is 0 Å². The van der Waals surface area contributed by atoms with Crippen LogP contribution in [0.3, 0.4) is 0 Å². The molecule has 1 aliphatic rings. The minimum absolute atomic E-state index is 0.643. The van der Waals surface area contributed by atoms with Crippen LogP contribution in [0.4, 0.5) is 0 Å². The van der Waals surface area contributed by atoms with E-state index in [-0.39, 0.29) is 0 Å². The number of benzene rings is 1. The molecule has 1 aliphatic heterocycles. The molecule has 1 aromatic carbocycles. The number of furan rings is 1. The fraction of sp³-hybridized carbons (Fsp3) is 0.522. The first-order chi connectivity index (χ1) is 14.3. The topological polar surface area (TPSA) is 62.0 Å². The van der Waals surface area contributed by atoms with Gasteiger partial charge < -0.3 is 19.8 Å². The number of likely N-dealkylation sites (tertiary alicyclic amines) is 1. The number of ether oxygens (including phenoxy) is 1. The fourth-order valence-corrected chi connectivity index (χ4v) is 3.50. The van der Waals surface area contributed by atoms with Gasteiger partial charge in [0.1, 0.15) is 5.76 Å². The van der Waals surface area contributed by atoms with E-state index < -0.39 is 0 Å². The van der Waals surface area contributed by atoms with Crippen LogP contribution in [0, 0.1) is 0 Å². The number of hydrogen-bond donors (Lipinski definition) is 2. The summed E-state index contributed by atoms with van der Waals surface area (Å²) in [5.74, 6) is 1.77. The van der Waals surface area contributed by atoms with Crippen molar-refractivity contribution in [2.75, 3.05) is 39.9 Å². The molecule has 3 rings (SSSR count). The molecule has 0 spiro atoms. The molecule has 2 heterocycles. The lowest BCUT2D eigenvalue weighted by Gasteiger charge is -2.26. The number of rotatable bonds is 10. The van der Waals surface area contributed by atoms with Gasteiger partial charge in [0, 0.05) is 33.2 Å². The van der Waals surface area contributed by atoms with E-state index in [4.69, 9.17) is 14.1 Å².